The number of morpholine rings is 1. The predicted molar refractivity (Wildman–Crippen MR) is 58.0 cm³/mol. The van der Waals surface area contributed by atoms with Gasteiger partial charge in [0.1, 0.15) is 0 Å². The minimum atomic E-state index is -4.84. The highest BCUT2D eigenvalue weighted by atomic mass is 19.4. The third kappa shape index (κ3) is 3.43. The first-order valence-electron chi connectivity index (χ1n) is 5.79. The van der Waals surface area contributed by atoms with E-state index in [9.17, 15) is 26.3 Å². The van der Waals surface area contributed by atoms with Crippen LogP contribution >= 0.6 is 0 Å². The molecule has 1 aliphatic rings. The van der Waals surface area contributed by atoms with Gasteiger partial charge in [0.05, 0.1) is 23.8 Å². The lowest BCUT2D eigenvalue weighted by atomic mass is 10.0. The number of benzene rings is 1. The summed E-state index contributed by atoms with van der Waals surface area (Å²) in [6.45, 7) is 0.933. The number of hydrogen-bond acceptors (Lipinski definition) is 2. The minimum absolute atomic E-state index is 0.111. The second-order valence-corrected chi connectivity index (χ2v) is 4.40. The Morgan fingerprint density at radius 2 is 1.50 bits per heavy atom. The van der Waals surface area contributed by atoms with Crippen molar-refractivity contribution in [3.63, 3.8) is 0 Å². The van der Waals surface area contributed by atoms with Crippen LogP contribution in [0.25, 0.3) is 0 Å². The Bertz CT molecular complexity index is 444. The van der Waals surface area contributed by atoms with Crippen LogP contribution < -0.4 is 5.32 Å². The van der Waals surface area contributed by atoms with Crippen molar-refractivity contribution < 1.29 is 31.1 Å². The van der Waals surface area contributed by atoms with E-state index < -0.39 is 29.6 Å². The van der Waals surface area contributed by atoms with Crippen LogP contribution in [0.5, 0.6) is 0 Å². The minimum Gasteiger partial charge on any atom is -0.371 e. The molecule has 20 heavy (non-hydrogen) atoms. The van der Waals surface area contributed by atoms with Crippen LogP contribution in [0, 0.1) is 0 Å². The maximum Gasteiger partial charge on any atom is 0.416 e. The molecule has 1 heterocycles. The molecule has 0 unspecified atom stereocenters. The van der Waals surface area contributed by atoms with Gasteiger partial charge in [-0.3, -0.25) is 0 Å². The van der Waals surface area contributed by atoms with E-state index in [0.717, 1.165) is 0 Å². The van der Waals surface area contributed by atoms with Gasteiger partial charge in [0, 0.05) is 13.1 Å². The highest BCUT2D eigenvalue weighted by molar-refractivity contribution is 5.35. The molecule has 1 aliphatic heterocycles. The fraction of sp³-hybridized carbons (Fsp3) is 0.500. The first-order valence-corrected chi connectivity index (χ1v) is 5.79. The van der Waals surface area contributed by atoms with Crippen molar-refractivity contribution >= 4 is 0 Å². The Kier molecular flexibility index (Phi) is 3.97. The van der Waals surface area contributed by atoms with Gasteiger partial charge in [0.2, 0.25) is 0 Å². The highest BCUT2D eigenvalue weighted by Gasteiger charge is 2.37. The number of nitrogens with one attached hydrogen (secondary N) is 1. The molecule has 2 rings (SSSR count). The molecule has 0 aliphatic carbocycles. The molecular weight excluding hydrogens is 288 g/mol. The zero-order chi connectivity index (χ0) is 15.0. The standard InChI is InChI=1S/C12H11F6NO/c13-11(14,15)8-3-7(10-6-19-1-2-20-10)4-9(5-8)12(16,17)18/h3-5,10,19H,1-2,6H2/t10-/m1/s1. The molecule has 2 nitrogen and oxygen atoms in total. The molecule has 0 amide bonds. The second kappa shape index (κ2) is 5.25. The van der Waals surface area contributed by atoms with E-state index in [4.69, 9.17) is 4.74 Å². The summed E-state index contributed by atoms with van der Waals surface area (Å²) in [5.41, 5.74) is -2.77. The number of halogens is 6. The van der Waals surface area contributed by atoms with Crippen molar-refractivity contribution in [2.45, 2.75) is 18.5 Å². The van der Waals surface area contributed by atoms with E-state index in [1.165, 1.54) is 0 Å². The summed E-state index contributed by atoms with van der Waals surface area (Å²) in [6, 6.07) is 1.51. The van der Waals surface area contributed by atoms with E-state index in [0.29, 0.717) is 18.7 Å². The fourth-order valence-corrected chi connectivity index (χ4v) is 1.94. The summed E-state index contributed by atoms with van der Waals surface area (Å²) in [6.07, 6.45) is -10.5. The topological polar surface area (TPSA) is 21.3 Å². The average molecular weight is 299 g/mol. The van der Waals surface area contributed by atoms with Gasteiger partial charge >= 0.3 is 12.4 Å². The Hall–Kier alpha value is -1.28. The van der Waals surface area contributed by atoms with Crippen molar-refractivity contribution in [3.05, 3.63) is 34.9 Å². The summed E-state index contributed by atoms with van der Waals surface area (Å²) < 4.78 is 81.3. The summed E-state index contributed by atoms with van der Waals surface area (Å²) in [5, 5.41) is 2.86. The molecule has 112 valence electrons. The Balaban J connectivity index is 2.45. The quantitative estimate of drug-likeness (QED) is 0.803. The zero-order valence-corrected chi connectivity index (χ0v) is 10.1. The second-order valence-electron chi connectivity index (χ2n) is 4.40. The van der Waals surface area contributed by atoms with E-state index in [2.05, 4.69) is 5.32 Å². The summed E-state index contributed by atoms with van der Waals surface area (Å²) in [4.78, 5) is 0. The van der Waals surface area contributed by atoms with E-state index in [1.807, 2.05) is 0 Å². The van der Waals surface area contributed by atoms with Crippen molar-refractivity contribution in [2.24, 2.45) is 0 Å². The van der Waals surface area contributed by atoms with Crippen LogP contribution in [0.1, 0.15) is 22.8 Å². The summed E-state index contributed by atoms with van der Waals surface area (Å²) >= 11 is 0. The Labute approximate surface area is 110 Å². The number of hydrogen-bond donors (Lipinski definition) is 1. The molecule has 0 saturated carbocycles. The molecule has 1 aromatic carbocycles. The molecule has 1 saturated heterocycles. The third-order valence-corrected chi connectivity index (χ3v) is 2.91. The molecular formula is C12H11F6NO. The van der Waals surface area contributed by atoms with Crippen molar-refractivity contribution in [1.29, 1.82) is 0 Å². The molecule has 0 spiro atoms. The summed E-state index contributed by atoms with van der Waals surface area (Å²) in [7, 11) is 0. The average Bonchev–Trinajstić information content (AvgIpc) is 2.37. The smallest absolute Gasteiger partial charge is 0.371 e. The van der Waals surface area contributed by atoms with E-state index in [1.54, 1.807) is 0 Å². The largest absolute Gasteiger partial charge is 0.416 e. The van der Waals surface area contributed by atoms with Crippen LogP contribution in [-0.2, 0) is 17.1 Å². The highest BCUT2D eigenvalue weighted by Crippen LogP contribution is 2.37. The SMILES string of the molecule is FC(F)(F)c1cc([C@H]2CNCCO2)cc(C(F)(F)F)c1. The van der Waals surface area contributed by atoms with Crippen molar-refractivity contribution in [2.75, 3.05) is 19.7 Å². The van der Waals surface area contributed by atoms with Gasteiger partial charge in [-0.1, -0.05) is 0 Å². The van der Waals surface area contributed by atoms with Gasteiger partial charge in [0.25, 0.3) is 0 Å². The fourth-order valence-electron chi connectivity index (χ4n) is 1.94. The van der Waals surface area contributed by atoms with Crippen LogP contribution in [0.15, 0.2) is 18.2 Å². The lowest BCUT2D eigenvalue weighted by Gasteiger charge is -2.25. The monoisotopic (exact) mass is 299 g/mol. The van der Waals surface area contributed by atoms with Crippen LogP contribution in [0.4, 0.5) is 26.3 Å². The molecule has 0 radical (unpaired) electrons. The molecule has 1 fully saturated rings. The van der Waals surface area contributed by atoms with Gasteiger partial charge in [0.15, 0.2) is 0 Å². The van der Waals surface area contributed by atoms with Crippen LogP contribution in [0.2, 0.25) is 0 Å². The van der Waals surface area contributed by atoms with E-state index >= 15 is 0 Å². The molecule has 0 bridgehead atoms. The molecule has 0 aromatic heterocycles. The Morgan fingerprint density at radius 3 is 1.90 bits per heavy atom. The first kappa shape index (κ1) is 15.1. The van der Waals surface area contributed by atoms with Crippen LogP contribution in [-0.4, -0.2) is 19.7 Å². The summed E-state index contributed by atoms with van der Waals surface area (Å²) in [5.74, 6) is 0. The zero-order valence-electron chi connectivity index (χ0n) is 10.1. The number of ether oxygens (including phenoxy) is 1. The van der Waals surface area contributed by atoms with Crippen molar-refractivity contribution in [1.82, 2.24) is 5.32 Å². The van der Waals surface area contributed by atoms with Crippen LogP contribution in [0.3, 0.4) is 0 Å². The molecule has 1 N–H and O–H groups in total. The number of rotatable bonds is 1. The van der Waals surface area contributed by atoms with Gasteiger partial charge in [-0.15, -0.1) is 0 Å². The predicted octanol–water partition coefficient (Wildman–Crippen LogP) is 3.39. The van der Waals surface area contributed by atoms with Gasteiger partial charge < -0.3 is 10.1 Å². The van der Waals surface area contributed by atoms with Gasteiger partial charge in [-0.05, 0) is 23.8 Å². The van der Waals surface area contributed by atoms with Crippen molar-refractivity contribution in [3.8, 4) is 0 Å². The lowest BCUT2D eigenvalue weighted by Crippen LogP contribution is -2.33. The van der Waals surface area contributed by atoms with E-state index in [-0.39, 0.29) is 24.8 Å². The molecule has 8 heteroatoms. The molecule has 1 aromatic rings. The maximum atomic E-state index is 12.7. The third-order valence-electron chi connectivity index (χ3n) is 2.91. The normalized spacial score (nSPS) is 21.0. The molecule has 1 atom stereocenters. The van der Waals surface area contributed by atoms with Gasteiger partial charge in [-0.25, -0.2) is 0 Å². The Morgan fingerprint density at radius 1 is 0.950 bits per heavy atom. The first-order chi connectivity index (χ1) is 9.18. The maximum absolute atomic E-state index is 12.7. The number of alkyl halides is 6. The van der Waals surface area contributed by atoms with Gasteiger partial charge in [-0.2, -0.15) is 26.3 Å². The lowest BCUT2D eigenvalue weighted by molar-refractivity contribution is -0.143.